The Kier molecular flexibility index (Phi) is 6.88. The molecular formula is C12H21NO3. The highest BCUT2D eigenvalue weighted by Crippen LogP contribution is 2.01. The third-order valence-corrected chi connectivity index (χ3v) is 2.14. The zero-order chi connectivity index (χ0) is 11.6. The Morgan fingerprint density at radius 3 is 2.62 bits per heavy atom. The average Bonchev–Trinajstić information content (AvgIpc) is 2.78. The van der Waals surface area contributed by atoms with Crippen LogP contribution in [-0.2, 0) is 16.0 Å². The van der Waals surface area contributed by atoms with Crippen molar-refractivity contribution in [2.45, 2.75) is 33.1 Å². The van der Waals surface area contributed by atoms with Crippen molar-refractivity contribution >= 4 is 0 Å². The lowest BCUT2D eigenvalue weighted by Gasteiger charge is -2.16. The first-order valence-electron chi connectivity index (χ1n) is 5.83. The molecule has 1 aromatic rings. The number of hydrogen-bond acceptors (Lipinski definition) is 4. The number of ether oxygens (including phenoxy) is 2. The van der Waals surface area contributed by atoms with Gasteiger partial charge in [-0.2, -0.15) is 0 Å². The van der Waals surface area contributed by atoms with Gasteiger partial charge >= 0.3 is 0 Å². The van der Waals surface area contributed by atoms with Crippen LogP contribution in [0.5, 0.6) is 0 Å². The third kappa shape index (κ3) is 5.30. The summed E-state index contributed by atoms with van der Waals surface area (Å²) in [6.45, 7) is 6.92. The van der Waals surface area contributed by atoms with Crippen LogP contribution in [0.2, 0.25) is 0 Å². The second-order valence-electron chi connectivity index (χ2n) is 3.39. The van der Waals surface area contributed by atoms with E-state index >= 15 is 0 Å². The van der Waals surface area contributed by atoms with E-state index < -0.39 is 0 Å². The Morgan fingerprint density at radius 1 is 1.31 bits per heavy atom. The van der Waals surface area contributed by atoms with Crippen LogP contribution in [0, 0.1) is 0 Å². The van der Waals surface area contributed by atoms with Gasteiger partial charge in [0.25, 0.3) is 0 Å². The van der Waals surface area contributed by atoms with Crippen LogP contribution in [0.4, 0.5) is 0 Å². The zero-order valence-electron chi connectivity index (χ0n) is 10.1. The average molecular weight is 227 g/mol. The Labute approximate surface area is 96.9 Å². The van der Waals surface area contributed by atoms with Gasteiger partial charge in [-0.25, -0.2) is 0 Å². The molecule has 0 saturated carbocycles. The SMILES string of the molecule is CCOC(CCNCc1ccco1)OCC. The van der Waals surface area contributed by atoms with Crippen LogP contribution in [0.15, 0.2) is 22.8 Å². The minimum atomic E-state index is -0.0981. The second-order valence-corrected chi connectivity index (χ2v) is 3.39. The van der Waals surface area contributed by atoms with Gasteiger partial charge in [-0.1, -0.05) is 0 Å². The fourth-order valence-electron chi connectivity index (χ4n) is 1.43. The van der Waals surface area contributed by atoms with Crippen molar-refractivity contribution in [1.82, 2.24) is 5.32 Å². The number of hydrogen-bond donors (Lipinski definition) is 1. The van der Waals surface area contributed by atoms with Crippen LogP contribution in [0.25, 0.3) is 0 Å². The summed E-state index contributed by atoms with van der Waals surface area (Å²) in [4.78, 5) is 0. The van der Waals surface area contributed by atoms with Crippen molar-refractivity contribution in [2.24, 2.45) is 0 Å². The summed E-state index contributed by atoms with van der Waals surface area (Å²) in [5.41, 5.74) is 0. The molecule has 0 aliphatic carbocycles. The minimum absolute atomic E-state index is 0.0981. The minimum Gasteiger partial charge on any atom is -0.468 e. The Bertz CT molecular complexity index is 243. The van der Waals surface area contributed by atoms with Crippen LogP contribution in [-0.4, -0.2) is 26.0 Å². The summed E-state index contributed by atoms with van der Waals surface area (Å²) < 4.78 is 16.1. The monoisotopic (exact) mass is 227 g/mol. The van der Waals surface area contributed by atoms with E-state index in [0.29, 0.717) is 13.2 Å². The fourth-order valence-corrected chi connectivity index (χ4v) is 1.43. The molecule has 4 heteroatoms. The lowest BCUT2D eigenvalue weighted by atomic mass is 10.4. The van der Waals surface area contributed by atoms with Gasteiger partial charge in [-0.05, 0) is 26.0 Å². The molecule has 1 N–H and O–H groups in total. The standard InChI is InChI=1S/C12H21NO3/c1-3-14-12(15-4-2)7-8-13-10-11-6-5-9-16-11/h5-6,9,12-13H,3-4,7-8,10H2,1-2H3. The predicted octanol–water partition coefficient (Wildman–Crippen LogP) is 2.16. The largest absolute Gasteiger partial charge is 0.468 e. The summed E-state index contributed by atoms with van der Waals surface area (Å²) >= 11 is 0. The molecule has 0 unspecified atom stereocenters. The van der Waals surface area contributed by atoms with Crippen LogP contribution < -0.4 is 5.32 Å². The third-order valence-electron chi connectivity index (χ3n) is 2.14. The maximum absolute atomic E-state index is 5.43. The molecule has 0 radical (unpaired) electrons. The van der Waals surface area contributed by atoms with E-state index in [-0.39, 0.29) is 6.29 Å². The molecule has 0 atom stereocenters. The quantitative estimate of drug-likeness (QED) is 0.518. The summed E-state index contributed by atoms with van der Waals surface area (Å²) in [6.07, 6.45) is 2.43. The number of rotatable bonds is 9. The van der Waals surface area contributed by atoms with Crippen LogP contribution in [0.3, 0.4) is 0 Å². The molecule has 0 amide bonds. The van der Waals surface area contributed by atoms with E-state index in [9.17, 15) is 0 Å². The van der Waals surface area contributed by atoms with Gasteiger partial charge in [-0.15, -0.1) is 0 Å². The smallest absolute Gasteiger partial charge is 0.158 e. The molecule has 0 aliphatic rings. The van der Waals surface area contributed by atoms with E-state index in [2.05, 4.69) is 5.32 Å². The molecule has 1 rings (SSSR count). The molecule has 1 heterocycles. The normalized spacial score (nSPS) is 11.2. The summed E-state index contributed by atoms with van der Waals surface area (Å²) in [5.74, 6) is 0.948. The molecule has 0 bridgehead atoms. The summed E-state index contributed by atoms with van der Waals surface area (Å²) in [7, 11) is 0. The lowest BCUT2D eigenvalue weighted by Crippen LogP contribution is -2.24. The van der Waals surface area contributed by atoms with E-state index in [1.165, 1.54) is 0 Å². The topological polar surface area (TPSA) is 43.6 Å². The number of nitrogens with one attached hydrogen (secondary N) is 1. The first-order valence-corrected chi connectivity index (χ1v) is 5.83. The highest BCUT2D eigenvalue weighted by atomic mass is 16.7. The molecule has 0 fully saturated rings. The van der Waals surface area contributed by atoms with Gasteiger partial charge in [0.2, 0.25) is 0 Å². The van der Waals surface area contributed by atoms with Gasteiger partial charge < -0.3 is 19.2 Å². The molecule has 0 aromatic carbocycles. The Hall–Kier alpha value is -0.840. The van der Waals surface area contributed by atoms with E-state index in [4.69, 9.17) is 13.9 Å². The second kappa shape index (κ2) is 8.33. The Morgan fingerprint density at radius 2 is 2.06 bits per heavy atom. The van der Waals surface area contributed by atoms with Gasteiger partial charge in [0.05, 0.1) is 12.8 Å². The van der Waals surface area contributed by atoms with Crippen LogP contribution >= 0.6 is 0 Å². The predicted molar refractivity (Wildman–Crippen MR) is 62.1 cm³/mol. The fraction of sp³-hybridized carbons (Fsp3) is 0.667. The maximum atomic E-state index is 5.43. The van der Waals surface area contributed by atoms with Gasteiger partial charge in [0, 0.05) is 26.2 Å². The molecular weight excluding hydrogens is 206 g/mol. The maximum Gasteiger partial charge on any atom is 0.158 e. The van der Waals surface area contributed by atoms with Crippen molar-refractivity contribution in [1.29, 1.82) is 0 Å². The molecule has 92 valence electrons. The Balaban J connectivity index is 2.08. The molecule has 16 heavy (non-hydrogen) atoms. The molecule has 1 aromatic heterocycles. The lowest BCUT2D eigenvalue weighted by molar-refractivity contribution is -0.138. The first-order chi connectivity index (χ1) is 7.86. The molecule has 0 saturated heterocycles. The van der Waals surface area contributed by atoms with Crippen molar-refractivity contribution in [3.63, 3.8) is 0 Å². The highest BCUT2D eigenvalue weighted by Gasteiger charge is 2.06. The van der Waals surface area contributed by atoms with Crippen molar-refractivity contribution < 1.29 is 13.9 Å². The van der Waals surface area contributed by atoms with E-state index in [1.54, 1.807) is 6.26 Å². The molecule has 0 spiro atoms. The first kappa shape index (κ1) is 13.2. The van der Waals surface area contributed by atoms with Crippen molar-refractivity contribution in [3.8, 4) is 0 Å². The molecule has 0 aliphatic heterocycles. The van der Waals surface area contributed by atoms with Crippen molar-refractivity contribution in [3.05, 3.63) is 24.2 Å². The molecule has 4 nitrogen and oxygen atoms in total. The van der Waals surface area contributed by atoms with E-state index in [1.807, 2.05) is 26.0 Å². The van der Waals surface area contributed by atoms with Gasteiger partial charge in [-0.3, -0.25) is 0 Å². The highest BCUT2D eigenvalue weighted by molar-refractivity contribution is 4.97. The number of furan rings is 1. The van der Waals surface area contributed by atoms with Crippen LogP contribution in [0.1, 0.15) is 26.0 Å². The van der Waals surface area contributed by atoms with Gasteiger partial charge in [0.15, 0.2) is 6.29 Å². The zero-order valence-corrected chi connectivity index (χ0v) is 10.1. The summed E-state index contributed by atoms with van der Waals surface area (Å²) in [5, 5.41) is 3.28. The van der Waals surface area contributed by atoms with Gasteiger partial charge in [0.1, 0.15) is 5.76 Å². The van der Waals surface area contributed by atoms with Crippen molar-refractivity contribution in [2.75, 3.05) is 19.8 Å². The van der Waals surface area contributed by atoms with E-state index in [0.717, 1.165) is 25.3 Å². The summed E-state index contributed by atoms with van der Waals surface area (Å²) in [6, 6.07) is 3.84.